The monoisotopic (exact) mass is 377 g/mol. The van der Waals surface area contributed by atoms with Crippen LogP contribution in [0.4, 0.5) is 5.69 Å². The Kier molecular flexibility index (Phi) is 7.30. The van der Waals surface area contributed by atoms with Gasteiger partial charge in [0.2, 0.25) is 0 Å². The van der Waals surface area contributed by atoms with Crippen LogP contribution in [0.5, 0.6) is 11.5 Å². The van der Waals surface area contributed by atoms with Crippen LogP contribution in [-0.2, 0) is 11.3 Å². The molecule has 2 N–H and O–H groups in total. The lowest BCUT2D eigenvalue weighted by molar-refractivity contribution is -0.885. The van der Waals surface area contributed by atoms with Crippen molar-refractivity contribution in [1.29, 1.82) is 0 Å². The van der Waals surface area contributed by atoms with Gasteiger partial charge in [0, 0.05) is 16.3 Å². The minimum Gasteiger partial charge on any atom is -0.493 e. The normalized spacial score (nSPS) is 11.7. The molecule has 1 atom stereocenters. The Hall–Kier alpha value is -2.24. The van der Waals surface area contributed by atoms with Crippen LogP contribution in [0.15, 0.2) is 36.4 Å². The standard InChI is InChI=1S/C20H25ClN2O3/c1-5-26-18-9-7-15(10-19(18)25-4)12-23(3)13-20(24)22-16-8-6-14(2)17(21)11-16/h6-11H,5,12-13H2,1-4H3,(H,22,24)/p+1. The first-order chi connectivity index (χ1) is 12.4. The highest BCUT2D eigenvalue weighted by Crippen LogP contribution is 2.27. The van der Waals surface area contributed by atoms with Gasteiger partial charge in [0.05, 0.1) is 20.8 Å². The van der Waals surface area contributed by atoms with Crippen LogP contribution in [0, 0.1) is 6.92 Å². The van der Waals surface area contributed by atoms with Gasteiger partial charge in [-0.3, -0.25) is 4.79 Å². The summed E-state index contributed by atoms with van der Waals surface area (Å²) >= 11 is 6.10. The first kappa shape index (κ1) is 20.1. The number of likely N-dealkylation sites (N-methyl/N-ethyl adjacent to an activating group) is 1. The summed E-state index contributed by atoms with van der Waals surface area (Å²) in [5, 5.41) is 3.53. The molecule has 2 aromatic carbocycles. The molecule has 1 unspecified atom stereocenters. The number of anilines is 1. The van der Waals surface area contributed by atoms with Crippen molar-refractivity contribution in [2.45, 2.75) is 20.4 Å². The van der Waals surface area contributed by atoms with Crippen LogP contribution >= 0.6 is 11.6 Å². The number of quaternary nitrogens is 1. The number of hydrogen-bond acceptors (Lipinski definition) is 3. The number of benzene rings is 2. The van der Waals surface area contributed by atoms with Crippen molar-refractivity contribution in [2.75, 3.05) is 32.6 Å². The molecule has 5 nitrogen and oxygen atoms in total. The number of amides is 1. The van der Waals surface area contributed by atoms with E-state index >= 15 is 0 Å². The third-order valence-corrected chi connectivity index (χ3v) is 4.36. The highest BCUT2D eigenvalue weighted by Gasteiger charge is 2.13. The zero-order chi connectivity index (χ0) is 19.1. The van der Waals surface area contributed by atoms with E-state index in [-0.39, 0.29) is 5.91 Å². The van der Waals surface area contributed by atoms with E-state index in [0.29, 0.717) is 36.2 Å². The number of ether oxygens (including phenoxy) is 2. The summed E-state index contributed by atoms with van der Waals surface area (Å²) in [5.74, 6) is 1.38. The quantitative estimate of drug-likeness (QED) is 0.743. The Morgan fingerprint density at radius 2 is 1.96 bits per heavy atom. The summed E-state index contributed by atoms with van der Waals surface area (Å²) in [5.41, 5.74) is 2.77. The predicted octanol–water partition coefficient (Wildman–Crippen LogP) is 2.71. The molecular weight excluding hydrogens is 352 g/mol. The van der Waals surface area contributed by atoms with E-state index in [1.807, 2.05) is 51.2 Å². The van der Waals surface area contributed by atoms with Gasteiger partial charge in [0.25, 0.3) is 5.91 Å². The molecule has 2 rings (SSSR count). The summed E-state index contributed by atoms with van der Waals surface area (Å²) in [6.07, 6.45) is 0. The molecule has 0 bridgehead atoms. The summed E-state index contributed by atoms with van der Waals surface area (Å²) < 4.78 is 10.9. The van der Waals surface area contributed by atoms with Crippen LogP contribution in [0.25, 0.3) is 0 Å². The zero-order valence-corrected chi connectivity index (χ0v) is 16.4. The lowest BCUT2D eigenvalue weighted by Gasteiger charge is -2.16. The lowest BCUT2D eigenvalue weighted by Crippen LogP contribution is -3.08. The van der Waals surface area contributed by atoms with Gasteiger partial charge in [-0.05, 0) is 49.7 Å². The molecule has 0 aromatic heterocycles. The Morgan fingerprint density at radius 3 is 2.62 bits per heavy atom. The molecule has 0 saturated heterocycles. The molecule has 1 amide bonds. The van der Waals surface area contributed by atoms with Gasteiger partial charge in [-0.25, -0.2) is 0 Å². The molecule has 0 aliphatic carbocycles. The minimum atomic E-state index is -0.0553. The molecule has 0 aliphatic heterocycles. The minimum absolute atomic E-state index is 0.0553. The van der Waals surface area contributed by atoms with E-state index in [1.165, 1.54) is 0 Å². The molecule has 6 heteroatoms. The van der Waals surface area contributed by atoms with E-state index in [9.17, 15) is 4.79 Å². The number of methoxy groups -OCH3 is 1. The van der Waals surface area contributed by atoms with E-state index in [0.717, 1.165) is 21.8 Å². The molecule has 0 spiro atoms. The maximum Gasteiger partial charge on any atom is 0.279 e. The number of halogens is 1. The van der Waals surface area contributed by atoms with Crippen LogP contribution in [-0.4, -0.2) is 33.2 Å². The van der Waals surface area contributed by atoms with Crippen molar-refractivity contribution in [1.82, 2.24) is 0 Å². The number of carbonyl (C=O) groups is 1. The van der Waals surface area contributed by atoms with Crippen LogP contribution in [0.1, 0.15) is 18.1 Å². The van der Waals surface area contributed by atoms with Crippen molar-refractivity contribution in [3.63, 3.8) is 0 Å². The average molecular weight is 378 g/mol. The Morgan fingerprint density at radius 1 is 1.19 bits per heavy atom. The second-order valence-corrected chi connectivity index (χ2v) is 6.65. The van der Waals surface area contributed by atoms with Crippen molar-refractivity contribution in [3.05, 3.63) is 52.5 Å². The van der Waals surface area contributed by atoms with Crippen molar-refractivity contribution >= 4 is 23.2 Å². The maximum atomic E-state index is 12.3. The van der Waals surface area contributed by atoms with E-state index < -0.39 is 0 Å². The van der Waals surface area contributed by atoms with Crippen molar-refractivity contribution in [3.8, 4) is 11.5 Å². The molecular formula is C20H26ClN2O3+. The van der Waals surface area contributed by atoms with E-state index in [4.69, 9.17) is 21.1 Å². The van der Waals surface area contributed by atoms with Crippen LogP contribution < -0.4 is 19.7 Å². The Bertz CT molecular complexity index is 765. The number of carbonyl (C=O) groups excluding carboxylic acids is 1. The highest BCUT2D eigenvalue weighted by atomic mass is 35.5. The summed E-state index contributed by atoms with van der Waals surface area (Å²) in [4.78, 5) is 13.3. The van der Waals surface area contributed by atoms with Crippen molar-refractivity contribution < 1.29 is 19.2 Å². The summed E-state index contributed by atoms with van der Waals surface area (Å²) in [6, 6.07) is 11.4. The number of hydrogen-bond donors (Lipinski definition) is 2. The fourth-order valence-electron chi connectivity index (χ4n) is 2.66. The SMILES string of the molecule is CCOc1ccc(C[NH+](C)CC(=O)Nc2ccc(C)c(Cl)c2)cc1OC. The molecule has 0 heterocycles. The van der Waals surface area contributed by atoms with Gasteiger partial charge in [0.1, 0.15) is 6.54 Å². The van der Waals surface area contributed by atoms with E-state index in [2.05, 4.69) is 5.32 Å². The molecule has 140 valence electrons. The maximum absolute atomic E-state index is 12.3. The second kappa shape index (κ2) is 9.46. The fraction of sp³-hybridized carbons (Fsp3) is 0.350. The predicted molar refractivity (Wildman–Crippen MR) is 104 cm³/mol. The molecule has 0 aliphatic rings. The smallest absolute Gasteiger partial charge is 0.279 e. The lowest BCUT2D eigenvalue weighted by atomic mass is 10.2. The van der Waals surface area contributed by atoms with Crippen LogP contribution in [0.3, 0.4) is 0 Å². The molecule has 2 aromatic rings. The third kappa shape index (κ3) is 5.64. The summed E-state index contributed by atoms with van der Waals surface area (Å²) in [7, 11) is 3.60. The number of aryl methyl sites for hydroxylation is 1. The van der Waals surface area contributed by atoms with E-state index in [1.54, 1.807) is 13.2 Å². The largest absolute Gasteiger partial charge is 0.493 e. The highest BCUT2D eigenvalue weighted by molar-refractivity contribution is 6.31. The van der Waals surface area contributed by atoms with Gasteiger partial charge in [-0.2, -0.15) is 0 Å². The third-order valence-electron chi connectivity index (χ3n) is 3.95. The van der Waals surface area contributed by atoms with Gasteiger partial charge < -0.3 is 19.7 Å². The number of rotatable bonds is 8. The first-order valence-corrected chi connectivity index (χ1v) is 8.97. The van der Waals surface area contributed by atoms with Gasteiger partial charge in [0.15, 0.2) is 18.0 Å². The molecule has 0 fully saturated rings. The molecule has 0 saturated carbocycles. The Labute approximate surface area is 159 Å². The Balaban J connectivity index is 1.94. The van der Waals surface area contributed by atoms with Crippen LogP contribution in [0.2, 0.25) is 5.02 Å². The van der Waals surface area contributed by atoms with Gasteiger partial charge in [-0.15, -0.1) is 0 Å². The molecule has 26 heavy (non-hydrogen) atoms. The first-order valence-electron chi connectivity index (χ1n) is 8.60. The second-order valence-electron chi connectivity index (χ2n) is 6.24. The number of nitrogens with one attached hydrogen (secondary N) is 2. The zero-order valence-electron chi connectivity index (χ0n) is 15.7. The van der Waals surface area contributed by atoms with Gasteiger partial charge >= 0.3 is 0 Å². The van der Waals surface area contributed by atoms with Crippen molar-refractivity contribution in [2.24, 2.45) is 0 Å². The molecule has 0 radical (unpaired) electrons. The summed E-state index contributed by atoms with van der Waals surface area (Å²) in [6.45, 7) is 5.50. The average Bonchev–Trinajstić information content (AvgIpc) is 2.59. The topological polar surface area (TPSA) is 52.0 Å². The van der Waals surface area contributed by atoms with Gasteiger partial charge in [-0.1, -0.05) is 17.7 Å². The fourth-order valence-corrected chi connectivity index (χ4v) is 2.84.